The molecule has 0 aromatic heterocycles. The molecule has 100 valence electrons. The molecule has 5 nitrogen and oxygen atoms in total. The number of nitrogens with one attached hydrogen (secondary N) is 2. The monoisotopic (exact) mass is 282 g/mol. The van der Waals surface area contributed by atoms with E-state index in [1.807, 2.05) is 0 Å². The van der Waals surface area contributed by atoms with Crippen LogP contribution in [0.4, 0.5) is 0 Å². The van der Waals surface area contributed by atoms with Crippen LogP contribution in [0.2, 0.25) is 0 Å². The van der Waals surface area contributed by atoms with Crippen molar-refractivity contribution in [1.29, 1.82) is 0 Å². The largest absolute Gasteiger partial charge is 0.355 e. The van der Waals surface area contributed by atoms with Gasteiger partial charge in [0.1, 0.15) is 0 Å². The second kappa shape index (κ2) is 7.18. The topological polar surface area (TPSA) is 75.3 Å². The van der Waals surface area contributed by atoms with Gasteiger partial charge in [-0.25, -0.2) is 13.1 Å². The number of rotatable bonds is 9. The van der Waals surface area contributed by atoms with Gasteiger partial charge in [-0.1, -0.05) is 0 Å². The van der Waals surface area contributed by atoms with Crippen LogP contribution in [0.15, 0.2) is 0 Å². The second-order valence-electron chi connectivity index (χ2n) is 4.17. The van der Waals surface area contributed by atoms with Crippen molar-refractivity contribution in [2.45, 2.75) is 25.7 Å². The lowest BCUT2D eigenvalue weighted by Crippen LogP contribution is -2.36. The Labute approximate surface area is 107 Å². The summed E-state index contributed by atoms with van der Waals surface area (Å²) in [6.45, 7) is 0.603. The summed E-state index contributed by atoms with van der Waals surface area (Å²) in [5.74, 6) is 0.769. The van der Waals surface area contributed by atoms with Crippen LogP contribution in [0, 0.1) is 5.92 Å². The number of carbonyl (C=O) groups is 1. The van der Waals surface area contributed by atoms with Gasteiger partial charge in [-0.2, -0.15) is 0 Å². The van der Waals surface area contributed by atoms with Crippen LogP contribution in [0.25, 0.3) is 0 Å². The number of amides is 1. The first-order valence-corrected chi connectivity index (χ1v) is 8.05. The molecule has 0 atom stereocenters. The van der Waals surface area contributed by atoms with E-state index in [4.69, 9.17) is 11.6 Å². The molecule has 1 fully saturated rings. The minimum Gasteiger partial charge on any atom is -0.355 e. The summed E-state index contributed by atoms with van der Waals surface area (Å²) >= 11 is 5.46. The van der Waals surface area contributed by atoms with Crippen molar-refractivity contribution < 1.29 is 13.2 Å². The predicted octanol–water partition coefficient (Wildman–Crippen LogP) is 0.451. The maximum atomic E-state index is 11.4. The van der Waals surface area contributed by atoms with Crippen LogP contribution in [0.5, 0.6) is 0 Å². The molecule has 0 heterocycles. The van der Waals surface area contributed by atoms with Gasteiger partial charge in [0.2, 0.25) is 15.9 Å². The number of hydrogen-bond acceptors (Lipinski definition) is 3. The standard InChI is InChI=1S/C10H19ClN2O3S/c11-5-1-2-8-17(15,16)13-7-6-12-10(14)9-3-4-9/h9,13H,1-8H2,(H,12,14). The first-order valence-electron chi connectivity index (χ1n) is 5.86. The molecule has 1 aliphatic carbocycles. The fourth-order valence-electron chi connectivity index (χ4n) is 1.34. The minimum atomic E-state index is -3.22. The highest BCUT2D eigenvalue weighted by atomic mass is 35.5. The number of carbonyl (C=O) groups excluding carboxylic acids is 1. The molecular weight excluding hydrogens is 264 g/mol. The van der Waals surface area contributed by atoms with Gasteiger partial charge in [-0.15, -0.1) is 11.6 Å². The molecule has 1 aliphatic rings. The zero-order valence-corrected chi connectivity index (χ0v) is 11.3. The molecule has 1 rings (SSSR count). The maximum Gasteiger partial charge on any atom is 0.223 e. The van der Waals surface area contributed by atoms with Gasteiger partial charge in [0.05, 0.1) is 5.75 Å². The van der Waals surface area contributed by atoms with E-state index in [-0.39, 0.29) is 24.1 Å². The van der Waals surface area contributed by atoms with E-state index < -0.39 is 10.0 Å². The Balaban J connectivity index is 2.05. The number of alkyl halides is 1. The van der Waals surface area contributed by atoms with Gasteiger partial charge in [-0.05, 0) is 25.7 Å². The average molecular weight is 283 g/mol. The number of sulfonamides is 1. The van der Waals surface area contributed by atoms with E-state index in [9.17, 15) is 13.2 Å². The van der Waals surface area contributed by atoms with Crippen molar-refractivity contribution in [1.82, 2.24) is 10.0 Å². The molecule has 1 amide bonds. The first kappa shape index (κ1) is 14.7. The van der Waals surface area contributed by atoms with Crippen LogP contribution in [0.3, 0.4) is 0 Å². The molecule has 0 aromatic carbocycles. The summed E-state index contributed by atoms with van der Waals surface area (Å²) in [4.78, 5) is 11.2. The molecular formula is C10H19ClN2O3S. The third-order valence-electron chi connectivity index (χ3n) is 2.49. The van der Waals surface area contributed by atoms with E-state index in [1.165, 1.54) is 0 Å². The summed E-state index contributed by atoms with van der Waals surface area (Å²) in [5.41, 5.74) is 0. The molecule has 0 bridgehead atoms. The second-order valence-corrected chi connectivity index (χ2v) is 6.48. The fourth-order valence-corrected chi connectivity index (χ4v) is 2.67. The SMILES string of the molecule is O=C(NCCNS(=O)(=O)CCCCCl)C1CC1. The maximum absolute atomic E-state index is 11.4. The number of hydrogen-bond donors (Lipinski definition) is 2. The zero-order chi connectivity index (χ0) is 12.7. The quantitative estimate of drug-likeness (QED) is 0.476. The average Bonchev–Trinajstić information content (AvgIpc) is 3.08. The number of unbranched alkanes of at least 4 members (excludes halogenated alkanes) is 1. The molecule has 0 unspecified atom stereocenters. The van der Waals surface area contributed by atoms with Gasteiger partial charge in [0.25, 0.3) is 0 Å². The smallest absolute Gasteiger partial charge is 0.223 e. The van der Waals surface area contributed by atoms with Gasteiger partial charge in [0, 0.05) is 24.9 Å². The van der Waals surface area contributed by atoms with E-state index in [0.29, 0.717) is 25.3 Å². The van der Waals surface area contributed by atoms with Crippen LogP contribution in [-0.4, -0.2) is 39.0 Å². The predicted molar refractivity (Wildman–Crippen MR) is 67.5 cm³/mol. The summed E-state index contributed by atoms with van der Waals surface area (Å²) in [6.07, 6.45) is 3.17. The lowest BCUT2D eigenvalue weighted by atomic mass is 10.4. The van der Waals surface area contributed by atoms with E-state index in [0.717, 1.165) is 12.8 Å². The molecule has 0 aromatic rings. The van der Waals surface area contributed by atoms with Gasteiger partial charge < -0.3 is 5.32 Å². The third-order valence-corrected chi connectivity index (χ3v) is 4.23. The third kappa shape index (κ3) is 6.85. The van der Waals surface area contributed by atoms with Crippen molar-refractivity contribution in [2.24, 2.45) is 5.92 Å². The molecule has 17 heavy (non-hydrogen) atoms. The van der Waals surface area contributed by atoms with Crippen molar-refractivity contribution in [3.05, 3.63) is 0 Å². The summed E-state index contributed by atoms with van der Waals surface area (Å²) in [5, 5.41) is 2.70. The molecule has 2 N–H and O–H groups in total. The summed E-state index contributed by atoms with van der Waals surface area (Å²) in [7, 11) is -3.22. The first-order chi connectivity index (χ1) is 8.05. The Bertz CT molecular complexity index is 341. The Morgan fingerprint density at radius 3 is 2.53 bits per heavy atom. The molecule has 1 saturated carbocycles. The van der Waals surface area contributed by atoms with E-state index in [2.05, 4.69) is 10.0 Å². The Morgan fingerprint density at radius 1 is 1.24 bits per heavy atom. The summed E-state index contributed by atoms with van der Waals surface area (Å²) in [6, 6.07) is 0. The Kier molecular flexibility index (Phi) is 6.22. The van der Waals surface area contributed by atoms with Crippen LogP contribution >= 0.6 is 11.6 Å². The minimum absolute atomic E-state index is 0.0336. The molecule has 0 radical (unpaired) electrons. The van der Waals surface area contributed by atoms with Crippen molar-refractivity contribution >= 4 is 27.5 Å². The van der Waals surface area contributed by atoms with Crippen LogP contribution < -0.4 is 10.0 Å². The fraction of sp³-hybridized carbons (Fsp3) is 0.900. The molecule has 0 aliphatic heterocycles. The van der Waals surface area contributed by atoms with Crippen molar-refractivity contribution in [3.63, 3.8) is 0 Å². The van der Waals surface area contributed by atoms with Crippen molar-refractivity contribution in [3.8, 4) is 0 Å². The Hall–Kier alpha value is -0.330. The van der Waals surface area contributed by atoms with Gasteiger partial charge in [0.15, 0.2) is 0 Å². The molecule has 0 saturated heterocycles. The lowest BCUT2D eigenvalue weighted by Gasteiger charge is -2.07. The van der Waals surface area contributed by atoms with Crippen LogP contribution in [0.1, 0.15) is 25.7 Å². The highest BCUT2D eigenvalue weighted by Gasteiger charge is 2.29. The normalized spacial score (nSPS) is 15.8. The number of halogens is 1. The molecule has 7 heteroatoms. The lowest BCUT2D eigenvalue weighted by molar-refractivity contribution is -0.122. The van der Waals surface area contributed by atoms with Gasteiger partial charge >= 0.3 is 0 Å². The highest BCUT2D eigenvalue weighted by Crippen LogP contribution is 2.28. The highest BCUT2D eigenvalue weighted by molar-refractivity contribution is 7.89. The van der Waals surface area contributed by atoms with Crippen LogP contribution in [-0.2, 0) is 14.8 Å². The van der Waals surface area contributed by atoms with E-state index in [1.54, 1.807) is 0 Å². The van der Waals surface area contributed by atoms with Gasteiger partial charge in [-0.3, -0.25) is 4.79 Å². The Morgan fingerprint density at radius 2 is 1.94 bits per heavy atom. The zero-order valence-electron chi connectivity index (χ0n) is 9.75. The summed E-state index contributed by atoms with van der Waals surface area (Å²) < 4.78 is 25.3. The van der Waals surface area contributed by atoms with Crippen molar-refractivity contribution in [2.75, 3.05) is 24.7 Å². The van der Waals surface area contributed by atoms with E-state index >= 15 is 0 Å². The molecule has 0 spiro atoms.